The lowest BCUT2D eigenvalue weighted by Crippen LogP contribution is -2.14. The molecule has 1 amide bonds. The van der Waals surface area contributed by atoms with Crippen LogP contribution in [0.2, 0.25) is 0 Å². The summed E-state index contributed by atoms with van der Waals surface area (Å²) in [5.41, 5.74) is 2.90. The number of aromatic nitrogens is 1. The van der Waals surface area contributed by atoms with Crippen LogP contribution < -0.4 is 10.1 Å². The number of ether oxygens (including phenoxy) is 1. The number of nitrogens with zero attached hydrogens (tertiary/aromatic N) is 1. The first-order chi connectivity index (χ1) is 14.2. The third-order valence-corrected chi connectivity index (χ3v) is 6.94. The van der Waals surface area contributed by atoms with Crippen LogP contribution in [0.25, 0.3) is 10.2 Å². The van der Waals surface area contributed by atoms with Crippen LogP contribution in [0.1, 0.15) is 67.3 Å². The van der Waals surface area contributed by atoms with E-state index in [9.17, 15) is 4.79 Å². The molecule has 0 radical (unpaired) electrons. The molecule has 1 aliphatic rings. The van der Waals surface area contributed by atoms with Crippen LogP contribution in [-0.2, 0) is 0 Å². The predicted molar refractivity (Wildman–Crippen MR) is 120 cm³/mol. The lowest BCUT2D eigenvalue weighted by molar-refractivity contribution is 0.102. The van der Waals surface area contributed by atoms with Gasteiger partial charge in [-0.05, 0) is 73.4 Å². The van der Waals surface area contributed by atoms with Crippen LogP contribution in [0, 0.1) is 5.92 Å². The fraction of sp³-hybridized carbons (Fsp3) is 0.417. The molecule has 1 aromatic heterocycles. The Morgan fingerprint density at radius 2 is 1.90 bits per heavy atom. The Hall–Kier alpha value is -2.40. The molecule has 2 aromatic carbocycles. The van der Waals surface area contributed by atoms with Crippen LogP contribution >= 0.6 is 11.3 Å². The maximum Gasteiger partial charge on any atom is 0.257 e. The van der Waals surface area contributed by atoms with Gasteiger partial charge in [0.1, 0.15) is 5.75 Å². The molecule has 4 nitrogen and oxygen atoms in total. The predicted octanol–water partition coefficient (Wildman–Crippen LogP) is 6.63. The number of fused-ring (bicyclic) bond motifs is 1. The lowest BCUT2D eigenvalue weighted by Gasteiger charge is -2.28. The van der Waals surface area contributed by atoms with E-state index < -0.39 is 0 Å². The number of carbonyl (C=O) groups is 1. The van der Waals surface area contributed by atoms with E-state index in [2.05, 4.69) is 29.4 Å². The van der Waals surface area contributed by atoms with Crippen molar-refractivity contribution in [2.24, 2.45) is 5.92 Å². The van der Waals surface area contributed by atoms with Gasteiger partial charge in [0.15, 0.2) is 5.13 Å². The van der Waals surface area contributed by atoms with Crippen LogP contribution in [-0.4, -0.2) is 18.0 Å². The van der Waals surface area contributed by atoms with Gasteiger partial charge in [0.25, 0.3) is 5.91 Å². The minimum absolute atomic E-state index is 0.116. The number of nitrogens with one attached hydrogen (secondary N) is 1. The van der Waals surface area contributed by atoms with Crippen molar-refractivity contribution in [1.82, 2.24) is 4.98 Å². The smallest absolute Gasteiger partial charge is 0.257 e. The number of rotatable bonds is 6. The second kappa shape index (κ2) is 8.95. The SMILES string of the molecule is CCCC1CCC(c2ccc(C(=O)Nc3nc4ccc(OC)cc4s3)cc2)CC1. The first-order valence-corrected chi connectivity index (χ1v) is 11.3. The molecule has 0 spiro atoms. The number of anilines is 1. The van der Waals surface area contributed by atoms with Gasteiger partial charge in [0, 0.05) is 5.56 Å². The van der Waals surface area contributed by atoms with Gasteiger partial charge in [-0.2, -0.15) is 0 Å². The van der Waals surface area contributed by atoms with Crippen molar-refractivity contribution in [1.29, 1.82) is 0 Å². The molecule has 1 aliphatic carbocycles. The van der Waals surface area contributed by atoms with Crippen molar-refractivity contribution < 1.29 is 9.53 Å². The molecule has 0 atom stereocenters. The van der Waals surface area contributed by atoms with E-state index in [-0.39, 0.29) is 5.91 Å². The largest absolute Gasteiger partial charge is 0.497 e. The Morgan fingerprint density at radius 3 is 2.59 bits per heavy atom. The summed E-state index contributed by atoms with van der Waals surface area (Å²) in [4.78, 5) is 17.1. The molecule has 0 unspecified atom stereocenters. The highest BCUT2D eigenvalue weighted by molar-refractivity contribution is 7.22. The molecule has 1 N–H and O–H groups in total. The van der Waals surface area contributed by atoms with E-state index in [0.29, 0.717) is 16.6 Å². The van der Waals surface area contributed by atoms with Crippen LogP contribution in [0.4, 0.5) is 5.13 Å². The third kappa shape index (κ3) is 4.61. The van der Waals surface area contributed by atoms with E-state index in [1.807, 2.05) is 30.3 Å². The molecular weight excluding hydrogens is 380 g/mol. The number of hydrogen-bond donors (Lipinski definition) is 1. The van der Waals surface area contributed by atoms with Crippen molar-refractivity contribution in [3.63, 3.8) is 0 Å². The number of hydrogen-bond acceptors (Lipinski definition) is 4. The van der Waals surface area contributed by atoms with E-state index in [1.54, 1.807) is 7.11 Å². The Labute approximate surface area is 176 Å². The topological polar surface area (TPSA) is 51.2 Å². The summed E-state index contributed by atoms with van der Waals surface area (Å²) < 4.78 is 6.25. The zero-order valence-electron chi connectivity index (χ0n) is 17.1. The van der Waals surface area contributed by atoms with E-state index in [1.165, 1.54) is 55.4 Å². The molecule has 0 bridgehead atoms. The number of benzene rings is 2. The summed E-state index contributed by atoms with van der Waals surface area (Å²) in [6.45, 7) is 2.28. The molecule has 0 saturated heterocycles. The van der Waals surface area contributed by atoms with Gasteiger partial charge in [-0.25, -0.2) is 4.98 Å². The summed E-state index contributed by atoms with van der Waals surface area (Å²) in [7, 11) is 1.64. The normalized spacial score (nSPS) is 19.2. The zero-order valence-corrected chi connectivity index (χ0v) is 17.9. The van der Waals surface area contributed by atoms with E-state index in [4.69, 9.17) is 4.74 Å². The van der Waals surface area contributed by atoms with Gasteiger partial charge in [-0.3, -0.25) is 10.1 Å². The molecule has 29 heavy (non-hydrogen) atoms. The highest BCUT2D eigenvalue weighted by Crippen LogP contribution is 2.37. The monoisotopic (exact) mass is 408 g/mol. The zero-order chi connectivity index (χ0) is 20.2. The standard InChI is InChI=1S/C24H28N2O2S/c1-3-4-16-5-7-17(8-6-16)18-9-11-19(12-10-18)23(27)26-24-25-21-14-13-20(28-2)15-22(21)29-24/h9-17H,3-8H2,1-2H3,(H,25,26,27). The molecule has 0 aliphatic heterocycles. The Morgan fingerprint density at radius 1 is 1.14 bits per heavy atom. The Balaban J connectivity index is 1.39. The Kier molecular flexibility index (Phi) is 6.14. The molecule has 5 heteroatoms. The summed E-state index contributed by atoms with van der Waals surface area (Å²) in [5.74, 6) is 2.22. The van der Waals surface area contributed by atoms with Gasteiger partial charge in [0.2, 0.25) is 0 Å². The van der Waals surface area contributed by atoms with Crippen molar-refractivity contribution >= 4 is 32.6 Å². The average Bonchev–Trinajstić information content (AvgIpc) is 3.16. The van der Waals surface area contributed by atoms with Crippen molar-refractivity contribution in [2.75, 3.05) is 12.4 Å². The molecule has 1 fully saturated rings. The van der Waals surface area contributed by atoms with Crippen molar-refractivity contribution in [3.8, 4) is 5.75 Å². The molecule has 1 heterocycles. The minimum atomic E-state index is -0.116. The van der Waals surface area contributed by atoms with Crippen molar-refractivity contribution in [2.45, 2.75) is 51.4 Å². The minimum Gasteiger partial charge on any atom is -0.497 e. The average molecular weight is 409 g/mol. The summed E-state index contributed by atoms with van der Waals surface area (Å²) in [5, 5.41) is 3.54. The maximum atomic E-state index is 12.6. The van der Waals surface area contributed by atoms with Gasteiger partial charge in [-0.1, -0.05) is 43.2 Å². The van der Waals surface area contributed by atoms with E-state index in [0.717, 1.165) is 21.9 Å². The number of thiazole rings is 1. The van der Waals surface area contributed by atoms with Crippen molar-refractivity contribution in [3.05, 3.63) is 53.6 Å². The number of methoxy groups -OCH3 is 1. The third-order valence-electron chi connectivity index (χ3n) is 6.00. The molecular formula is C24H28N2O2S. The molecule has 152 valence electrons. The quantitative estimate of drug-likeness (QED) is 0.498. The lowest BCUT2D eigenvalue weighted by atomic mass is 9.77. The van der Waals surface area contributed by atoms with E-state index >= 15 is 0 Å². The summed E-state index contributed by atoms with van der Waals surface area (Å²) in [6.07, 6.45) is 7.87. The number of carbonyl (C=O) groups excluding carboxylic acids is 1. The van der Waals surface area contributed by atoms with Gasteiger partial charge in [-0.15, -0.1) is 0 Å². The van der Waals surface area contributed by atoms with Gasteiger partial charge in [0.05, 0.1) is 17.3 Å². The second-order valence-electron chi connectivity index (χ2n) is 7.94. The molecule has 4 rings (SSSR count). The highest BCUT2D eigenvalue weighted by Gasteiger charge is 2.22. The van der Waals surface area contributed by atoms with Crippen LogP contribution in [0.5, 0.6) is 5.75 Å². The maximum absolute atomic E-state index is 12.6. The Bertz CT molecular complexity index is 972. The fourth-order valence-electron chi connectivity index (χ4n) is 4.35. The first kappa shape index (κ1) is 19.9. The van der Waals surface area contributed by atoms with Gasteiger partial charge < -0.3 is 4.74 Å². The fourth-order valence-corrected chi connectivity index (χ4v) is 5.24. The van der Waals surface area contributed by atoms with Gasteiger partial charge >= 0.3 is 0 Å². The highest BCUT2D eigenvalue weighted by atomic mass is 32.1. The summed E-state index contributed by atoms with van der Waals surface area (Å²) in [6, 6.07) is 13.9. The summed E-state index contributed by atoms with van der Waals surface area (Å²) >= 11 is 1.46. The van der Waals surface area contributed by atoms with Crippen LogP contribution in [0.3, 0.4) is 0 Å². The first-order valence-electron chi connectivity index (χ1n) is 10.5. The number of amides is 1. The second-order valence-corrected chi connectivity index (χ2v) is 8.97. The van der Waals surface area contributed by atoms with Crippen LogP contribution in [0.15, 0.2) is 42.5 Å². The molecule has 3 aromatic rings. The molecule has 1 saturated carbocycles.